The van der Waals surface area contributed by atoms with E-state index in [4.69, 9.17) is 0 Å². The Morgan fingerprint density at radius 1 is 0.762 bits per heavy atom. The molecule has 113 valence electrons. The van der Waals surface area contributed by atoms with Crippen LogP contribution in [0.15, 0.2) is 72.8 Å². The maximum absolute atomic E-state index is 2.20. The van der Waals surface area contributed by atoms with Crippen LogP contribution in [0.25, 0.3) is 21.5 Å². The van der Waals surface area contributed by atoms with Gasteiger partial charge in [-0.05, 0) is 0 Å². The molecule has 1 radical (unpaired) electrons. The molecule has 0 atom stereocenters. The van der Waals surface area contributed by atoms with Crippen LogP contribution in [0.4, 0.5) is 0 Å². The van der Waals surface area contributed by atoms with Crippen molar-refractivity contribution in [2.45, 2.75) is 13.8 Å². The summed E-state index contributed by atoms with van der Waals surface area (Å²) in [5, 5.41) is 5.39. The Hall–Kier alpha value is -1.83. The normalized spacial score (nSPS) is 10.0. The molecule has 4 aromatic rings. The summed E-state index contributed by atoms with van der Waals surface area (Å²) in [7, 11) is 0. The van der Waals surface area contributed by atoms with E-state index in [1.807, 2.05) is 0 Å². The van der Waals surface area contributed by atoms with Crippen molar-refractivity contribution in [1.29, 1.82) is 0 Å². The van der Waals surface area contributed by atoms with Crippen molar-refractivity contribution in [2.24, 2.45) is 0 Å². The van der Waals surface area contributed by atoms with Crippen LogP contribution in [-0.2, 0) is 16.8 Å². The van der Waals surface area contributed by atoms with E-state index >= 15 is 0 Å². The van der Waals surface area contributed by atoms with Crippen molar-refractivity contribution in [2.75, 3.05) is 0 Å². The average molecular weight is 317 g/mol. The second-order valence-corrected chi connectivity index (χ2v) is 5.32. The van der Waals surface area contributed by atoms with Crippen LogP contribution in [0.5, 0.6) is 0 Å². The van der Waals surface area contributed by atoms with Gasteiger partial charge in [0.2, 0.25) is 0 Å². The number of fused-ring (bicyclic) bond motifs is 2. The van der Waals surface area contributed by atoms with E-state index in [1.54, 1.807) is 0 Å². The Morgan fingerprint density at radius 3 is 1.71 bits per heavy atom. The van der Waals surface area contributed by atoms with Crippen molar-refractivity contribution in [3.05, 3.63) is 83.9 Å². The van der Waals surface area contributed by atoms with E-state index in [9.17, 15) is 0 Å². The second-order valence-electron chi connectivity index (χ2n) is 5.32. The van der Waals surface area contributed by atoms with Gasteiger partial charge in [-0.15, -0.1) is 18.2 Å². The molecule has 0 saturated carbocycles. The molecule has 0 nitrogen and oxygen atoms in total. The third-order valence-electron chi connectivity index (χ3n) is 3.52. The largest absolute Gasteiger partial charge is 0.751 e. The second kappa shape index (κ2) is 6.75. The van der Waals surface area contributed by atoms with Gasteiger partial charge >= 0.3 is 0 Å². The molecule has 0 aromatic heterocycles. The van der Waals surface area contributed by atoms with Gasteiger partial charge in [0.1, 0.15) is 0 Å². The van der Waals surface area contributed by atoms with E-state index < -0.39 is 0 Å². The first kappa shape index (κ1) is 15.6. The van der Waals surface area contributed by atoms with E-state index in [0.717, 1.165) is 0 Å². The van der Waals surface area contributed by atoms with Gasteiger partial charge in [-0.25, -0.2) is 19.1 Å². The minimum Gasteiger partial charge on any atom is -0.751 e. The van der Waals surface area contributed by atoms with Gasteiger partial charge < -0.3 is 34.5 Å². The molecule has 0 fully saturated rings. The zero-order valence-corrected chi connectivity index (χ0v) is 13.3. The first-order chi connectivity index (χ1) is 9.72. The quantitative estimate of drug-likeness (QED) is 0.363. The minimum absolute atomic E-state index is 0. The molecular weight excluding hydrogens is 299 g/mol. The summed E-state index contributed by atoms with van der Waals surface area (Å²) in [4.78, 5) is 0. The Kier molecular flexibility index (Phi) is 5.00. The fraction of sp³-hybridized carbons (Fsp3) is 0.100. The van der Waals surface area contributed by atoms with Crippen LogP contribution in [0, 0.1) is 13.8 Å². The van der Waals surface area contributed by atoms with Crippen molar-refractivity contribution in [1.82, 2.24) is 0 Å². The molecule has 0 amide bonds. The smallest absolute Gasteiger partial charge is 0 e. The number of benzene rings is 2. The Bertz CT molecular complexity index is 695. The van der Waals surface area contributed by atoms with Crippen molar-refractivity contribution in [3.8, 4) is 0 Å². The van der Waals surface area contributed by atoms with Crippen LogP contribution in [0.3, 0.4) is 0 Å². The summed E-state index contributed by atoms with van der Waals surface area (Å²) in [6, 6.07) is 25.7. The fourth-order valence-electron chi connectivity index (χ4n) is 2.61. The van der Waals surface area contributed by atoms with Gasteiger partial charge in [-0.1, -0.05) is 19.1 Å². The maximum Gasteiger partial charge on any atom is 0 e. The van der Waals surface area contributed by atoms with Gasteiger partial charge in [-0.3, -0.25) is 0 Å². The zero-order valence-electron chi connectivity index (χ0n) is 12.3. The third-order valence-corrected chi connectivity index (χ3v) is 3.52. The number of rotatable bonds is 0. The third kappa shape index (κ3) is 3.63. The number of hydrogen-bond donors (Lipinski definition) is 0. The predicted molar refractivity (Wildman–Crippen MR) is 88.6 cm³/mol. The van der Waals surface area contributed by atoms with E-state index in [1.165, 1.54) is 32.7 Å². The molecule has 0 aliphatic carbocycles. The first-order valence-electron chi connectivity index (χ1n) is 6.96. The van der Waals surface area contributed by atoms with Gasteiger partial charge in [0, 0.05) is 16.8 Å². The standard InChI is InChI=1S/2C10H9.Co/c2*1-8-6-9-4-2-3-5-10(9)7-8;/h2*2-7H,1H3;/q-5;-1;. The van der Waals surface area contributed by atoms with E-state index in [-0.39, 0.29) is 16.8 Å². The molecule has 0 heterocycles. The molecular formula is C20H18Co-6. The molecule has 0 aliphatic rings. The molecule has 1 heteroatoms. The summed E-state index contributed by atoms with van der Waals surface area (Å²) < 4.78 is 0. The molecule has 0 bridgehead atoms. The van der Waals surface area contributed by atoms with Crippen LogP contribution >= 0.6 is 0 Å². The van der Waals surface area contributed by atoms with Crippen LogP contribution in [-0.4, -0.2) is 0 Å². The first-order valence-corrected chi connectivity index (χ1v) is 6.96. The Morgan fingerprint density at radius 2 is 1.24 bits per heavy atom. The van der Waals surface area contributed by atoms with Crippen LogP contribution < -0.4 is 0 Å². The molecule has 0 N–H and O–H groups in total. The molecule has 0 saturated heterocycles. The summed E-state index contributed by atoms with van der Waals surface area (Å²) in [5.41, 5.74) is 2.70. The van der Waals surface area contributed by atoms with Crippen LogP contribution in [0.1, 0.15) is 11.1 Å². The van der Waals surface area contributed by atoms with Crippen molar-refractivity contribution >= 4 is 21.5 Å². The van der Waals surface area contributed by atoms with Crippen molar-refractivity contribution in [3.63, 3.8) is 0 Å². The molecule has 0 aliphatic heterocycles. The Balaban J connectivity index is 0.000000147. The Labute approximate surface area is 136 Å². The number of aryl methyl sites for hydroxylation is 2. The van der Waals surface area contributed by atoms with E-state index in [2.05, 4.69) is 86.6 Å². The summed E-state index contributed by atoms with van der Waals surface area (Å²) in [5.74, 6) is 0. The fourth-order valence-corrected chi connectivity index (χ4v) is 2.61. The van der Waals surface area contributed by atoms with Gasteiger partial charge in [0.05, 0.1) is 0 Å². The number of hydrogen-bond acceptors (Lipinski definition) is 0. The topological polar surface area (TPSA) is 0 Å². The predicted octanol–water partition coefficient (Wildman–Crippen LogP) is 5.73. The SMILES string of the molecule is C[c-]1[cH-][c-]2cccc[c-]2[cH-]1.C[c-]1cc2ccccc2c1.[Co]. The molecule has 21 heavy (non-hydrogen) atoms. The minimum atomic E-state index is 0. The monoisotopic (exact) mass is 317 g/mol. The summed E-state index contributed by atoms with van der Waals surface area (Å²) in [6.45, 7) is 4.25. The summed E-state index contributed by atoms with van der Waals surface area (Å²) >= 11 is 0. The van der Waals surface area contributed by atoms with Crippen molar-refractivity contribution < 1.29 is 16.8 Å². The molecule has 0 unspecified atom stereocenters. The maximum atomic E-state index is 2.20. The van der Waals surface area contributed by atoms with Gasteiger partial charge in [0.25, 0.3) is 0 Å². The van der Waals surface area contributed by atoms with Gasteiger partial charge in [-0.2, -0.15) is 28.5 Å². The van der Waals surface area contributed by atoms with Crippen LogP contribution in [0.2, 0.25) is 0 Å². The van der Waals surface area contributed by atoms with Gasteiger partial charge in [0.15, 0.2) is 0 Å². The average Bonchev–Trinajstić information content (AvgIpc) is 2.99. The zero-order chi connectivity index (χ0) is 13.9. The molecule has 4 rings (SSSR count). The summed E-state index contributed by atoms with van der Waals surface area (Å²) in [6.07, 6.45) is 0. The molecule has 4 aromatic carbocycles. The molecule has 0 spiro atoms. The van der Waals surface area contributed by atoms with E-state index in [0.29, 0.717) is 0 Å².